The second-order valence-electron chi connectivity index (χ2n) is 3.95. The molecule has 2 aromatic rings. The van der Waals surface area contributed by atoms with Crippen molar-refractivity contribution >= 4 is 16.7 Å². The van der Waals surface area contributed by atoms with Gasteiger partial charge in [-0.3, -0.25) is 4.68 Å². The molecule has 15 heavy (non-hydrogen) atoms. The molecule has 0 aromatic carbocycles. The molecule has 2 heterocycles. The average molecular weight is 204 g/mol. The van der Waals surface area contributed by atoms with E-state index in [1.807, 2.05) is 10.7 Å². The van der Waals surface area contributed by atoms with E-state index in [1.165, 1.54) is 0 Å². The standard InChI is InChI=1S/C11H16N4/c1-4-15-8-5-6-13-11(12)9(8)10(14-15)7(2)3/h5-7H,4H2,1-3H3,(H2,12,13). The molecule has 2 N–H and O–H groups in total. The van der Waals surface area contributed by atoms with Crippen molar-refractivity contribution in [1.29, 1.82) is 0 Å². The van der Waals surface area contributed by atoms with Crippen molar-refractivity contribution in [3.8, 4) is 0 Å². The Hall–Kier alpha value is -1.58. The van der Waals surface area contributed by atoms with Gasteiger partial charge in [-0.2, -0.15) is 5.10 Å². The molecule has 0 bridgehead atoms. The zero-order chi connectivity index (χ0) is 11.0. The molecule has 2 rings (SSSR count). The Labute approximate surface area is 89.1 Å². The van der Waals surface area contributed by atoms with Crippen LogP contribution in [0.25, 0.3) is 10.9 Å². The fraction of sp³-hybridized carbons (Fsp3) is 0.455. The summed E-state index contributed by atoms with van der Waals surface area (Å²) < 4.78 is 1.97. The molecule has 0 radical (unpaired) electrons. The number of hydrogen-bond donors (Lipinski definition) is 1. The van der Waals surface area contributed by atoms with Crippen LogP contribution in [0.1, 0.15) is 32.4 Å². The van der Waals surface area contributed by atoms with Gasteiger partial charge in [0.25, 0.3) is 0 Å². The van der Waals surface area contributed by atoms with Gasteiger partial charge in [0.2, 0.25) is 0 Å². The second kappa shape index (κ2) is 3.53. The summed E-state index contributed by atoms with van der Waals surface area (Å²) in [4.78, 5) is 4.12. The van der Waals surface area contributed by atoms with Gasteiger partial charge < -0.3 is 5.73 Å². The first-order valence-electron chi connectivity index (χ1n) is 5.26. The van der Waals surface area contributed by atoms with E-state index >= 15 is 0 Å². The van der Waals surface area contributed by atoms with Gasteiger partial charge in [0.1, 0.15) is 5.82 Å². The number of aromatic nitrogens is 3. The van der Waals surface area contributed by atoms with Crippen LogP contribution in [0.5, 0.6) is 0 Å². The van der Waals surface area contributed by atoms with Crippen LogP contribution in [0.15, 0.2) is 12.3 Å². The summed E-state index contributed by atoms with van der Waals surface area (Å²) in [6.45, 7) is 7.17. The van der Waals surface area contributed by atoms with Crippen molar-refractivity contribution in [2.45, 2.75) is 33.2 Å². The van der Waals surface area contributed by atoms with Crippen molar-refractivity contribution in [3.05, 3.63) is 18.0 Å². The number of nitrogens with two attached hydrogens (primary N) is 1. The number of aryl methyl sites for hydroxylation is 1. The Morgan fingerprint density at radius 2 is 2.20 bits per heavy atom. The lowest BCUT2D eigenvalue weighted by Gasteiger charge is -2.01. The SMILES string of the molecule is CCn1nc(C(C)C)c2c(N)nccc21. The number of pyridine rings is 1. The van der Waals surface area contributed by atoms with Crippen LogP contribution >= 0.6 is 0 Å². The maximum Gasteiger partial charge on any atom is 0.134 e. The number of nitrogens with zero attached hydrogens (tertiary/aromatic N) is 3. The van der Waals surface area contributed by atoms with Crippen molar-refractivity contribution in [2.24, 2.45) is 0 Å². The predicted octanol–water partition coefficient (Wildman–Crippen LogP) is 2.16. The third-order valence-electron chi connectivity index (χ3n) is 2.57. The monoisotopic (exact) mass is 204 g/mol. The molecule has 0 fully saturated rings. The molecule has 80 valence electrons. The van der Waals surface area contributed by atoms with Crippen LogP contribution in [0.4, 0.5) is 5.82 Å². The summed E-state index contributed by atoms with van der Waals surface area (Å²) in [6.07, 6.45) is 1.73. The van der Waals surface area contributed by atoms with E-state index in [0.29, 0.717) is 11.7 Å². The quantitative estimate of drug-likeness (QED) is 0.815. The normalized spacial score (nSPS) is 11.5. The highest BCUT2D eigenvalue weighted by atomic mass is 15.3. The highest BCUT2D eigenvalue weighted by Crippen LogP contribution is 2.27. The van der Waals surface area contributed by atoms with Crippen LogP contribution in [0, 0.1) is 0 Å². The minimum Gasteiger partial charge on any atom is -0.383 e. The molecule has 0 aliphatic carbocycles. The van der Waals surface area contributed by atoms with Gasteiger partial charge in [-0.25, -0.2) is 4.98 Å². The summed E-state index contributed by atoms with van der Waals surface area (Å²) in [6, 6.07) is 1.97. The molecule has 0 aliphatic heterocycles. The fourth-order valence-corrected chi connectivity index (χ4v) is 1.82. The fourth-order valence-electron chi connectivity index (χ4n) is 1.82. The zero-order valence-electron chi connectivity index (χ0n) is 9.36. The van der Waals surface area contributed by atoms with Crippen LogP contribution in [-0.2, 0) is 6.54 Å². The molecule has 4 heteroatoms. The first-order valence-corrected chi connectivity index (χ1v) is 5.26. The third-order valence-corrected chi connectivity index (χ3v) is 2.57. The van der Waals surface area contributed by atoms with E-state index in [2.05, 4.69) is 30.9 Å². The van der Waals surface area contributed by atoms with Gasteiger partial charge >= 0.3 is 0 Å². The highest BCUT2D eigenvalue weighted by Gasteiger charge is 2.15. The Balaban J connectivity index is 2.82. The smallest absolute Gasteiger partial charge is 0.134 e. The van der Waals surface area contributed by atoms with E-state index in [1.54, 1.807) is 6.20 Å². The van der Waals surface area contributed by atoms with Gasteiger partial charge in [-0.05, 0) is 18.9 Å². The zero-order valence-corrected chi connectivity index (χ0v) is 9.36. The molecule has 0 saturated carbocycles. The maximum absolute atomic E-state index is 5.90. The molecule has 0 amide bonds. The van der Waals surface area contributed by atoms with Crippen LogP contribution < -0.4 is 5.73 Å². The van der Waals surface area contributed by atoms with Gasteiger partial charge in [0.05, 0.1) is 16.6 Å². The number of rotatable bonds is 2. The highest BCUT2D eigenvalue weighted by molar-refractivity contribution is 5.91. The van der Waals surface area contributed by atoms with Crippen LogP contribution in [0.2, 0.25) is 0 Å². The third kappa shape index (κ3) is 1.46. The van der Waals surface area contributed by atoms with E-state index in [9.17, 15) is 0 Å². The lowest BCUT2D eigenvalue weighted by atomic mass is 10.1. The average Bonchev–Trinajstić information content (AvgIpc) is 2.58. The molecule has 0 atom stereocenters. The molecule has 0 spiro atoms. The molecular formula is C11H16N4. The number of fused-ring (bicyclic) bond motifs is 1. The molecule has 0 unspecified atom stereocenters. The van der Waals surface area contributed by atoms with E-state index in [-0.39, 0.29) is 0 Å². The largest absolute Gasteiger partial charge is 0.383 e. The first-order chi connectivity index (χ1) is 7.15. The molecular weight excluding hydrogens is 188 g/mol. The summed E-state index contributed by atoms with van der Waals surface area (Å²) >= 11 is 0. The molecule has 0 aliphatic rings. The van der Waals surface area contributed by atoms with Crippen molar-refractivity contribution < 1.29 is 0 Å². The molecule has 2 aromatic heterocycles. The minimum atomic E-state index is 0.367. The predicted molar refractivity (Wildman–Crippen MR) is 61.7 cm³/mol. The lowest BCUT2D eigenvalue weighted by molar-refractivity contribution is 0.654. The van der Waals surface area contributed by atoms with Crippen molar-refractivity contribution in [2.75, 3.05) is 5.73 Å². The van der Waals surface area contributed by atoms with Gasteiger partial charge in [0, 0.05) is 12.7 Å². The second-order valence-corrected chi connectivity index (χ2v) is 3.95. The van der Waals surface area contributed by atoms with Crippen LogP contribution in [-0.4, -0.2) is 14.8 Å². The van der Waals surface area contributed by atoms with Gasteiger partial charge in [-0.15, -0.1) is 0 Å². The number of anilines is 1. The van der Waals surface area contributed by atoms with Crippen molar-refractivity contribution in [3.63, 3.8) is 0 Å². The lowest BCUT2D eigenvalue weighted by Crippen LogP contribution is -1.97. The maximum atomic E-state index is 5.90. The Kier molecular flexibility index (Phi) is 2.34. The Morgan fingerprint density at radius 1 is 1.47 bits per heavy atom. The topological polar surface area (TPSA) is 56.7 Å². The van der Waals surface area contributed by atoms with Crippen LogP contribution in [0.3, 0.4) is 0 Å². The Bertz CT molecular complexity index is 485. The molecule has 4 nitrogen and oxygen atoms in total. The summed E-state index contributed by atoms with van der Waals surface area (Å²) in [5, 5.41) is 5.57. The summed E-state index contributed by atoms with van der Waals surface area (Å²) in [7, 11) is 0. The van der Waals surface area contributed by atoms with Gasteiger partial charge in [-0.1, -0.05) is 13.8 Å². The summed E-state index contributed by atoms with van der Waals surface area (Å²) in [5.41, 5.74) is 8.02. The van der Waals surface area contributed by atoms with Crippen molar-refractivity contribution in [1.82, 2.24) is 14.8 Å². The van der Waals surface area contributed by atoms with E-state index in [4.69, 9.17) is 5.73 Å². The summed E-state index contributed by atoms with van der Waals surface area (Å²) in [5.74, 6) is 0.947. The minimum absolute atomic E-state index is 0.367. The number of nitrogen functional groups attached to an aromatic ring is 1. The van der Waals surface area contributed by atoms with E-state index < -0.39 is 0 Å². The molecule has 0 saturated heterocycles. The van der Waals surface area contributed by atoms with Gasteiger partial charge in [0.15, 0.2) is 0 Å². The Morgan fingerprint density at radius 3 is 2.80 bits per heavy atom. The van der Waals surface area contributed by atoms with E-state index in [0.717, 1.165) is 23.1 Å². The number of hydrogen-bond acceptors (Lipinski definition) is 3. The first kappa shape index (κ1) is 9.96.